The first kappa shape index (κ1) is 24.5. The minimum Gasteiger partial charge on any atom is -0.261 e. The van der Waals surface area contributed by atoms with Gasteiger partial charge >= 0.3 is 0 Å². The van der Waals surface area contributed by atoms with Gasteiger partial charge in [0, 0.05) is 29.8 Å². The predicted octanol–water partition coefficient (Wildman–Crippen LogP) is 7.98. The lowest BCUT2D eigenvalue weighted by Crippen LogP contribution is -1.95. The molecule has 0 fully saturated rings. The number of aryl methyl sites for hydroxylation is 2. The van der Waals surface area contributed by atoms with Gasteiger partial charge in [0.15, 0.2) is 5.82 Å². The van der Waals surface area contributed by atoms with Gasteiger partial charge in [-0.15, -0.1) is 0 Å². The Bertz CT molecular complexity index is 662. The molecule has 0 aliphatic heterocycles. The average Bonchev–Trinajstić information content (AvgIpc) is 2.76. The minimum atomic E-state index is 0.783. The van der Waals surface area contributed by atoms with Gasteiger partial charge in [-0.3, -0.25) is 4.98 Å². The van der Waals surface area contributed by atoms with Crippen LogP contribution in [0.25, 0.3) is 11.4 Å². The van der Waals surface area contributed by atoms with E-state index in [9.17, 15) is 0 Å². The van der Waals surface area contributed by atoms with E-state index in [1.54, 1.807) is 0 Å². The maximum Gasteiger partial charge on any atom is 0.160 e. The molecule has 3 heteroatoms. The molecule has 166 valence electrons. The molecule has 0 aliphatic carbocycles. The fraction of sp³-hybridized carbons (Fsp3) is 0.667. The molecule has 0 atom stereocenters. The van der Waals surface area contributed by atoms with Gasteiger partial charge in [-0.25, -0.2) is 9.97 Å². The highest BCUT2D eigenvalue weighted by molar-refractivity contribution is 5.53. The molecule has 0 radical (unpaired) electrons. The molecule has 2 aromatic heterocycles. The highest BCUT2D eigenvalue weighted by Crippen LogP contribution is 2.16. The third kappa shape index (κ3) is 10.3. The zero-order chi connectivity index (χ0) is 21.4. The van der Waals surface area contributed by atoms with E-state index in [1.807, 2.05) is 18.6 Å². The van der Waals surface area contributed by atoms with Crippen molar-refractivity contribution in [2.75, 3.05) is 0 Å². The van der Waals surface area contributed by atoms with Gasteiger partial charge in [0.05, 0.1) is 0 Å². The van der Waals surface area contributed by atoms with Gasteiger partial charge in [-0.05, 0) is 49.3 Å². The lowest BCUT2D eigenvalue weighted by Gasteiger charge is -2.06. The third-order valence-electron chi connectivity index (χ3n) is 5.82. The standard InChI is InChI=1S/C27H43N3/c1-4-5-6-7-11-14-17-26-19-18-25(22-28-26)27-29-20-24(21-30-27)16-13-10-8-9-12-15-23(2)3/h18-23H,4-17H2,1-3H3. The van der Waals surface area contributed by atoms with Crippen molar-refractivity contribution in [3.63, 3.8) is 0 Å². The number of hydrogen-bond donors (Lipinski definition) is 0. The number of unbranched alkanes of at least 4 members (excludes halogenated alkanes) is 9. The van der Waals surface area contributed by atoms with Crippen molar-refractivity contribution < 1.29 is 0 Å². The Balaban J connectivity index is 1.66. The molecule has 0 unspecified atom stereocenters. The number of pyridine rings is 1. The van der Waals surface area contributed by atoms with Gasteiger partial charge in [0.25, 0.3) is 0 Å². The average molecular weight is 410 g/mol. The first-order chi connectivity index (χ1) is 14.7. The quantitative estimate of drug-likeness (QED) is 0.264. The van der Waals surface area contributed by atoms with Crippen LogP contribution in [0.1, 0.15) is 109 Å². The van der Waals surface area contributed by atoms with Crippen molar-refractivity contribution in [2.24, 2.45) is 5.92 Å². The summed E-state index contributed by atoms with van der Waals surface area (Å²) in [5.41, 5.74) is 3.44. The third-order valence-corrected chi connectivity index (χ3v) is 5.82. The predicted molar refractivity (Wildman–Crippen MR) is 129 cm³/mol. The summed E-state index contributed by atoms with van der Waals surface area (Å²) in [6, 6.07) is 4.25. The summed E-state index contributed by atoms with van der Waals surface area (Å²) in [6.07, 6.45) is 24.0. The molecule has 0 saturated carbocycles. The smallest absolute Gasteiger partial charge is 0.160 e. The monoisotopic (exact) mass is 409 g/mol. The summed E-state index contributed by atoms with van der Waals surface area (Å²) in [5, 5.41) is 0. The minimum absolute atomic E-state index is 0.783. The van der Waals surface area contributed by atoms with Crippen molar-refractivity contribution in [1.82, 2.24) is 15.0 Å². The van der Waals surface area contributed by atoms with Crippen LogP contribution >= 0.6 is 0 Å². The Labute approximate surface area is 185 Å². The van der Waals surface area contributed by atoms with Crippen LogP contribution in [0, 0.1) is 5.92 Å². The number of nitrogens with zero attached hydrogens (tertiary/aromatic N) is 3. The van der Waals surface area contributed by atoms with E-state index in [0.717, 1.165) is 30.1 Å². The largest absolute Gasteiger partial charge is 0.261 e. The summed E-state index contributed by atoms with van der Waals surface area (Å²) in [7, 11) is 0. The number of aromatic nitrogens is 3. The lowest BCUT2D eigenvalue weighted by atomic mass is 10.0. The molecule has 0 aromatic carbocycles. The maximum absolute atomic E-state index is 4.63. The molecule has 2 heterocycles. The Hall–Kier alpha value is -1.77. The Morgan fingerprint density at radius 1 is 0.667 bits per heavy atom. The second-order valence-electron chi connectivity index (χ2n) is 9.17. The maximum atomic E-state index is 4.63. The van der Waals surface area contributed by atoms with Gasteiger partial charge in [-0.1, -0.05) is 85.0 Å². The molecule has 0 saturated heterocycles. The SMILES string of the molecule is CCCCCCCCc1ccc(-c2ncc(CCCCCCCC(C)C)cn2)cn1. The summed E-state index contributed by atoms with van der Waals surface area (Å²) < 4.78 is 0. The first-order valence-electron chi connectivity index (χ1n) is 12.4. The zero-order valence-corrected chi connectivity index (χ0v) is 19.7. The first-order valence-corrected chi connectivity index (χ1v) is 12.4. The Morgan fingerprint density at radius 2 is 1.30 bits per heavy atom. The van der Waals surface area contributed by atoms with Gasteiger partial charge in [0.2, 0.25) is 0 Å². The molecule has 30 heavy (non-hydrogen) atoms. The summed E-state index contributed by atoms with van der Waals surface area (Å²) in [6.45, 7) is 6.88. The topological polar surface area (TPSA) is 38.7 Å². The summed E-state index contributed by atoms with van der Waals surface area (Å²) in [4.78, 5) is 13.8. The second kappa shape index (κ2) is 15.1. The lowest BCUT2D eigenvalue weighted by molar-refractivity contribution is 0.515. The molecule has 3 nitrogen and oxygen atoms in total. The van der Waals surface area contributed by atoms with Crippen molar-refractivity contribution in [3.05, 3.63) is 42.0 Å². The summed E-state index contributed by atoms with van der Waals surface area (Å²) >= 11 is 0. The van der Waals surface area contributed by atoms with Crippen LogP contribution < -0.4 is 0 Å². The van der Waals surface area contributed by atoms with Gasteiger partial charge in [-0.2, -0.15) is 0 Å². The molecular formula is C27H43N3. The molecular weight excluding hydrogens is 366 g/mol. The molecule has 0 aliphatic rings. The van der Waals surface area contributed by atoms with Crippen molar-refractivity contribution >= 4 is 0 Å². The molecule has 2 rings (SSSR count). The fourth-order valence-corrected chi connectivity index (χ4v) is 3.84. The number of hydrogen-bond acceptors (Lipinski definition) is 3. The van der Waals surface area contributed by atoms with E-state index < -0.39 is 0 Å². The van der Waals surface area contributed by atoms with Crippen LogP contribution in [0.3, 0.4) is 0 Å². The van der Waals surface area contributed by atoms with E-state index in [0.29, 0.717) is 0 Å². The fourth-order valence-electron chi connectivity index (χ4n) is 3.84. The molecule has 0 spiro atoms. The number of rotatable bonds is 16. The van der Waals surface area contributed by atoms with E-state index in [1.165, 1.54) is 88.3 Å². The van der Waals surface area contributed by atoms with Crippen molar-refractivity contribution in [1.29, 1.82) is 0 Å². The highest BCUT2D eigenvalue weighted by Gasteiger charge is 2.04. The molecule has 0 N–H and O–H groups in total. The van der Waals surface area contributed by atoms with Crippen LogP contribution in [0.2, 0.25) is 0 Å². The van der Waals surface area contributed by atoms with Crippen LogP contribution in [0.5, 0.6) is 0 Å². The molecule has 0 bridgehead atoms. The highest BCUT2D eigenvalue weighted by atomic mass is 14.9. The molecule has 2 aromatic rings. The van der Waals surface area contributed by atoms with Gasteiger partial charge < -0.3 is 0 Å². The normalized spacial score (nSPS) is 11.3. The van der Waals surface area contributed by atoms with Crippen LogP contribution in [-0.4, -0.2) is 15.0 Å². The van der Waals surface area contributed by atoms with E-state index in [2.05, 4.69) is 47.9 Å². The summed E-state index contributed by atoms with van der Waals surface area (Å²) in [5.74, 6) is 1.62. The van der Waals surface area contributed by atoms with Crippen LogP contribution in [0.15, 0.2) is 30.7 Å². The molecule has 0 amide bonds. The van der Waals surface area contributed by atoms with Crippen LogP contribution in [0.4, 0.5) is 0 Å². The van der Waals surface area contributed by atoms with E-state index >= 15 is 0 Å². The van der Waals surface area contributed by atoms with Crippen molar-refractivity contribution in [3.8, 4) is 11.4 Å². The van der Waals surface area contributed by atoms with Crippen LogP contribution in [-0.2, 0) is 12.8 Å². The Morgan fingerprint density at radius 3 is 1.93 bits per heavy atom. The van der Waals surface area contributed by atoms with E-state index in [-0.39, 0.29) is 0 Å². The Kier molecular flexibility index (Phi) is 12.3. The van der Waals surface area contributed by atoms with Crippen molar-refractivity contribution in [2.45, 2.75) is 111 Å². The zero-order valence-electron chi connectivity index (χ0n) is 19.7. The van der Waals surface area contributed by atoms with Gasteiger partial charge in [0.1, 0.15) is 0 Å². The second-order valence-corrected chi connectivity index (χ2v) is 9.17. The van der Waals surface area contributed by atoms with E-state index in [4.69, 9.17) is 0 Å².